The fourth-order valence-electron chi connectivity index (χ4n) is 6.13. The highest BCUT2D eigenvalue weighted by Gasteiger charge is 2.70. The van der Waals surface area contributed by atoms with Gasteiger partial charge in [-0.3, -0.25) is 9.59 Å². The maximum absolute atomic E-state index is 12.9. The second-order valence-electron chi connectivity index (χ2n) is 8.99. The van der Waals surface area contributed by atoms with Gasteiger partial charge in [0, 0.05) is 18.3 Å². The minimum absolute atomic E-state index is 0.0203. The molecule has 4 aliphatic carbocycles. The van der Waals surface area contributed by atoms with Crippen LogP contribution in [0.2, 0.25) is 0 Å². The molecule has 138 valence electrons. The Morgan fingerprint density at radius 2 is 1.64 bits per heavy atom. The Balaban J connectivity index is 1.88. The van der Waals surface area contributed by atoms with Crippen LogP contribution in [0.3, 0.4) is 0 Å². The first-order valence-electron chi connectivity index (χ1n) is 9.10. The van der Waals surface area contributed by atoms with E-state index in [0.29, 0.717) is 18.4 Å². The molecule has 0 saturated heterocycles. The summed E-state index contributed by atoms with van der Waals surface area (Å²) < 4.78 is 0. The van der Waals surface area contributed by atoms with Gasteiger partial charge >= 0.3 is 0 Å². The fourth-order valence-corrected chi connectivity index (χ4v) is 6.13. The Hall–Kier alpha value is -1.08. The van der Waals surface area contributed by atoms with Gasteiger partial charge in [-0.25, -0.2) is 0 Å². The van der Waals surface area contributed by atoms with E-state index < -0.39 is 40.0 Å². The van der Waals surface area contributed by atoms with Crippen molar-refractivity contribution in [3.05, 3.63) is 11.6 Å². The highest BCUT2D eigenvalue weighted by atomic mass is 16.3. The smallest absolute Gasteiger partial charge is 0.187 e. The molecule has 0 unspecified atom stereocenters. The topological polar surface area (TPSA) is 115 Å². The van der Waals surface area contributed by atoms with Crippen LogP contribution in [0.4, 0.5) is 0 Å². The number of Topliss-reactive ketones (excluding diaryl/α,β-unsaturated/α-hetero) is 1. The zero-order valence-electron chi connectivity index (χ0n) is 14.7. The number of carbonyl (C=O) groups is 2. The summed E-state index contributed by atoms with van der Waals surface area (Å²) in [7, 11) is 0. The van der Waals surface area contributed by atoms with Crippen molar-refractivity contribution in [1.29, 1.82) is 0 Å². The fraction of sp³-hybridized carbons (Fsp3) is 0.789. The van der Waals surface area contributed by atoms with Crippen molar-refractivity contribution in [1.82, 2.24) is 0 Å². The molecular weight excluding hydrogens is 324 g/mol. The second-order valence-corrected chi connectivity index (χ2v) is 8.99. The molecule has 0 heterocycles. The molecule has 0 aromatic heterocycles. The Bertz CT molecular complexity index is 700. The van der Waals surface area contributed by atoms with E-state index in [1.807, 2.05) is 0 Å². The van der Waals surface area contributed by atoms with Crippen LogP contribution < -0.4 is 0 Å². The van der Waals surface area contributed by atoms with Crippen LogP contribution in [-0.2, 0) is 9.59 Å². The normalized spacial score (nSPS) is 55.3. The third-order valence-corrected chi connectivity index (χ3v) is 8.02. The van der Waals surface area contributed by atoms with Crippen molar-refractivity contribution in [2.24, 2.45) is 16.7 Å². The Kier molecular flexibility index (Phi) is 3.33. The highest BCUT2D eigenvalue weighted by Crippen LogP contribution is 2.65. The minimum atomic E-state index is -1.76. The SMILES string of the molecule is C[C@]12CC[C@H]3C(=CC(=O)[C@]4(O)C[C@@H](O)[C@@H](O)C[C@]34C)[C@]1(O)CCC2=O. The van der Waals surface area contributed by atoms with Crippen LogP contribution in [0, 0.1) is 16.7 Å². The summed E-state index contributed by atoms with van der Waals surface area (Å²) in [5.41, 5.74) is -4.46. The van der Waals surface area contributed by atoms with Crippen LogP contribution in [0.15, 0.2) is 11.6 Å². The van der Waals surface area contributed by atoms with E-state index in [1.54, 1.807) is 13.8 Å². The summed E-state index contributed by atoms with van der Waals surface area (Å²) in [6.07, 6.45) is 0.650. The Morgan fingerprint density at radius 3 is 2.32 bits per heavy atom. The molecule has 4 rings (SSSR count). The maximum Gasteiger partial charge on any atom is 0.187 e. The third-order valence-electron chi connectivity index (χ3n) is 8.02. The number of ketones is 2. The largest absolute Gasteiger partial charge is 0.390 e. The number of fused-ring (bicyclic) bond motifs is 5. The number of rotatable bonds is 0. The summed E-state index contributed by atoms with van der Waals surface area (Å²) in [5.74, 6) is -0.822. The molecule has 4 N–H and O–H groups in total. The van der Waals surface area contributed by atoms with Gasteiger partial charge in [0.15, 0.2) is 5.78 Å². The predicted molar refractivity (Wildman–Crippen MR) is 87.4 cm³/mol. The third kappa shape index (κ3) is 1.79. The molecular formula is C19H26O6. The van der Waals surface area contributed by atoms with Gasteiger partial charge in [-0.05, 0) is 50.2 Å². The molecule has 0 aromatic rings. The summed E-state index contributed by atoms with van der Waals surface area (Å²) in [4.78, 5) is 25.3. The molecule has 3 fully saturated rings. The standard InChI is InChI=1S/C19H26O6/c1-16-5-3-10-11(18(16,24)6-4-14(16)22)7-15(23)19(25)9-13(21)12(20)8-17(10,19)2/h7,10,12-13,20-21,24-25H,3-6,8-9H2,1-2H3/t10-,12-,13+,16+,17+,18+,19+/m0/s1. The van der Waals surface area contributed by atoms with Crippen molar-refractivity contribution in [2.45, 2.75) is 75.8 Å². The Labute approximate surface area is 146 Å². The Morgan fingerprint density at radius 1 is 1.00 bits per heavy atom. The first kappa shape index (κ1) is 17.3. The number of hydrogen-bond acceptors (Lipinski definition) is 6. The lowest BCUT2D eigenvalue weighted by Gasteiger charge is -2.61. The van der Waals surface area contributed by atoms with Crippen molar-refractivity contribution in [2.75, 3.05) is 0 Å². The molecule has 6 heteroatoms. The van der Waals surface area contributed by atoms with Crippen molar-refractivity contribution in [3.63, 3.8) is 0 Å². The molecule has 0 aromatic carbocycles. The van der Waals surface area contributed by atoms with Gasteiger partial charge in [0.05, 0.1) is 23.2 Å². The summed E-state index contributed by atoms with van der Waals surface area (Å²) >= 11 is 0. The van der Waals surface area contributed by atoms with Crippen LogP contribution >= 0.6 is 0 Å². The van der Waals surface area contributed by atoms with Gasteiger partial charge in [-0.2, -0.15) is 0 Å². The summed E-state index contributed by atoms with van der Waals surface area (Å²) in [5, 5.41) is 42.8. The molecule has 0 bridgehead atoms. The lowest BCUT2D eigenvalue weighted by Crippen LogP contribution is -2.68. The van der Waals surface area contributed by atoms with Gasteiger partial charge in [-0.1, -0.05) is 6.92 Å². The van der Waals surface area contributed by atoms with E-state index >= 15 is 0 Å². The van der Waals surface area contributed by atoms with E-state index in [9.17, 15) is 30.0 Å². The first-order chi connectivity index (χ1) is 11.5. The van der Waals surface area contributed by atoms with Gasteiger partial charge in [0.1, 0.15) is 11.4 Å². The van der Waals surface area contributed by atoms with E-state index in [1.165, 1.54) is 6.08 Å². The molecule has 3 saturated carbocycles. The lowest BCUT2D eigenvalue weighted by molar-refractivity contribution is -0.205. The van der Waals surface area contributed by atoms with Gasteiger partial charge < -0.3 is 20.4 Å². The quantitative estimate of drug-likeness (QED) is 0.498. The van der Waals surface area contributed by atoms with Crippen molar-refractivity contribution in [3.8, 4) is 0 Å². The van der Waals surface area contributed by atoms with E-state index in [2.05, 4.69) is 0 Å². The molecule has 0 aliphatic heterocycles. The maximum atomic E-state index is 12.9. The van der Waals surface area contributed by atoms with Crippen molar-refractivity contribution < 1.29 is 30.0 Å². The molecule has 25 heavy (non-hydrogen) atoms. The molecule has 0 radical (unpaired) electrons. The number of carbonyl (C=O) groups excluding carboxylic acids is 2. The van der Waals surface area contributed by atoms with Gasteiger partial charge in [-0.15, -0.1) is 0 Å². The minimum Gasteiger partial charge on any atom is -0.390 e. The molecule has 0 amide bonds. The van der Waals surface area contributed by atoms with Crippen LogP contribution in [0.5, 0.6) is 0 Å². The molecule has 0 spiro atoms. The molecule has 6 nitrogen and oxygen atoms in total. The average molecular weight is 350 g/mol. The van der Waals surface area contributed by atoms with Crippen LogP contribution in [-0.4, -0.2) is 55.4 Å². The monoisotopic (exact) mass is 350 g/mol. The second kappa shape index (κ2) is 4.80. The summed E-state index contributed by atoms with van der Waals surface area (Å²) in [6, 6.07) is 0. The van der Waals surface area contributed by atoms with Crippen molar-refractivity contribution >= 4 is 11.6 Å². The number of hydrogen-bond donors (Lipinski definition) is 4. The van der Waals surface area contributed by atoms with E-state index in [0.717, 1.165) is 0 Å². The van der Waals surface area contributed by atoms with Crippen LogP contribution in [0.25, 0.3) is 0 Å². The summed E-state index contributed by atoms with van der Waals surface area (Å²) in [6.45, 7) is 3.53. The van der Waals surface area contributed by atoms with Crippen LogP contribution in [0.1, 0.15) is 52.4 Å². The zero-order valence-corrected chi connectivity index (χ0v) is 14.7. The number of aliphatic hydroxyl groups excluding tert-OH is 2. The van der Waals surface area contributed by atoms with E-state index in [4.69, 9.17) is 0 Å². The number of aliphatic hydroxyl groups is 4. The highest BCUT2D eigenvalue weighted by molar-refractivity contribution is 6.01. The lowest BCUT2D eigenvalue weighted by atomic mass is 9.45. The van der Waals surface area contributed by atoms with Gasteiger partial charge in [0.25, 0.3) is 0 Å². The molecule has 7 atom stereocenters. The zero-order chi connectivity index (χ0) is 18.4. The van der Waals surface area contributed by atoms with E-state index in [-0.39, 0.29) is 37.4 Å². The molecule has 4 aliphatic rings. The predicted octanol–water partition coefficient (Wildman–Crippen LogP) is 0.259. The van der Waals surface area contributed by atoms with Gasteiger partial charge in [0.2, 0.25) is 0 Å². The average Bonchev–Trinajstić information content (AvgIpc) is 2.77. The first-order valence-corrected chi connectivity index (χ1v) is 9.10.